The van der Waals surface area contributed by atoms with Crippen molar-refractivity contribution in [1.82, 2.24) is 10.2 Å². The van der Waals surface area contributed by atoms with Crippen molar-refractivity contribution in [2.75, 3.05) is 39.9 Å². The fourth-order valence-electron chi connectivity index (χ4n) is 3.23. The van der Waals surface area contributed by atoms with Crippen LogP contribution in [0.3, 0.4) is 0 Å². The molecule has 2 atom stereocenters. The number of rotatable bonds is 7. The Morgan fingerprint density at radius 3 is 2.78 bits per heavy atom. The SMILES string of the molecule is CCNCC1(CN(C)C(C)C2CC2)CCCOC1. The van der Waals surface area contributed by atoms with E-state index in [9.17, 15) is 0 Å². The molecule has 0 spiro atoms. The lowest BCUT2D eigenvalue weighted by atomic mass is 9.81. The van der Waals surface area contributed by atoms with Crippen LogP contribution in [0.25, 0.3) is 0 Å². The van der Waals surface area contributed by atoms with Gasteiger partial charge in [0.15, 0.2) is 0 Å². The van der Waals surface area contributed by atoms with E-state index in [-0.39, 0.29) is 0 Å². The quantitative estimate of drug-likeness (QED) is 0.753. The summed E-state index contributed by atoms with van der Waals surface area (Å²) in [5.74, 6) is 0.954. The predicted octanol–water partition coefficient (Wildman–Crippen LogP) is 2.12. The largest absolute Gasteiger partial charge is 0.381 e. The lowest BCUT2D eigenvalue weighted by Gasteiger charge is -2.41. The first-order chi connectivity index (χ1) is 8.67. The van der Waals surface area contributed by atoms with Crippen LogP contribution in [-0.2, 0) is 4.74 Å². The smallest absolute Gasteiger partial charge is 0.0546 e. The minimum atomic E-state index is 0.339. The van der Waals surface area contributed by atoms with Gasteiger partial charge in [-0.2, -0.15) is 0 Å². The van der Waals surface area contributed by atoms with Crippen molar-refractivity contribution in [3.63, 3.8) is 0 Å². The van der Waals surface area contributed by atoms with Crippen molar-refractivity contribution in [3.05, 3.63) is 0 Å². The number of ether oxygens (including phenoxy) is 1. The molecule has 1 aliphatic heterocycles. The highest BCUT2D eigenvalue weighted by Crippen LogP contribution is 2.37. The molecule has 0 radical (unpaired) electrons. The first kappa shape index (κ1) is 14.3. The zero-order chi connectivity index (χ0) is 13.0. The van der Waals surface area contributed by atoms with Gasteiger partial charge in [0.1, 0.15) is 0 Å². The van der Waals surface area contributed by atoms with Crippen molar-refractivity contribution in [2.45, 2.75) is 45.6 Å². The summed E-state index contributed by atoms with van der Waals surface area (Å²) >= 11 is 0. The second-order valence-corrected chi connectivity index (χ2v) is 6.43. The average Bonchev–Trinajstić information content (AvgIpc) is 3.21. The Labute approximate surface area is 112 Å². The predicted molar refractivity (Wildman–Crippen MR) is 75.8 cm³/mol. The van der Waals surface area contributed by atoms with Crippen molar-refractivity contribution in [1.29, 1.82) is 0 Å². The zero-order valence-corrected chi connectivity index (χ0v) is 12.4. The Balaban J connectivity index is 1.90. The maximum absolute atomic E-state index is 5.77. The molecule has 0 aromatic heterocycles. The van der Waals surface area contributed by atoms with Gasteiger partial charge in [0.2, 0.25) is 0 Å². The van der Waals surface area contributed by atoms with Gasteiger partial charge in [-0.15, -0.1) is 0 Å². The highest BCUT2D eigenvalue weighted by atomic mass is 16.5. The second kappa shape index (κ2) is 6.36. The highest BCUT2D eigenvalue weighted by Gasteiger charge is 2.37. The molecule has 1 heterocycles. The zero-order valence-electron chi connectivity index (χ0n) is 12.4. The Kier molecular flexibility index (Phi) is 5.05. The molecule has 106 valence electrons. The molecule has 3 nitrogen and oxygen atoms in total. The van der Waals surface area contributed by atoms with Crippen LogP contribution in [-0.4, -0.2) is 50.8 Å². The lowest BCUT2D eigenvalue weighted by molar-refractivity contribution is -0.0282. The molecule has 1 saturated carbocycles. The van der Waals surface area contributed by atoms with Crippen LogP contribution >= 0.6 is 0 Å². The molecule has 0 aromatic carbocycles. The van der Waals surface area contributed by atoms with Crippen LogP contribution in [0.2, 0.25) is 0 Å². The Bertz CT molecular complexity index is 247. The summed E-state index contributed by atoms with van der Waals surface area (Å²) in [6.07, 6.45) is 5.39. The molecule has 1 saturated heterocycles. The van der Waals surface area contributed by atoms with Gasteiger partial charge in [-0.25, -0.2) is 0 Å². The van der Waals surface area contributed by atoms with Gasteiger partial charge < -0.3 is 15.0 Å². The van der Waals surface area contributed by atoms with E-state index < -0.39 is 0 Å². The molecule has 1 N–H and O–H groups in total. The molecule has 3 heteroatoms. The highest BCUT2D eigenvalue weighted by molar-refractivity contribution is 4.91. The Hall–Kier alpha value is -0.120. The van der Waals surface area contributed by atoms with Gasteiger partial charge in [-0.1, -0.05) is 6.92 Å². The summed E-state index contributed by atoms with van der Waals surface area (Å²) in [5, 5.41) is 3.54. The van der Waals surface area contributed by atoms with Crippen molar-refractivity contribution in [3.8, 4) is 0 Å². The first-order valence-electron chi connectivity index (χ1n) is 7.65. The van der Waals surface area contributed by atoms with Crippen LogP contribution in [0.1, 0.15) is 39.5 Å². The third-order valence-electron chi connectivity index (χ3n) is 4.74. The van der Waals surface area contributed by atoms with Crippen LogP contribution < -0.4 is 5.32 Å². The maximum atomic E-state index is 5.77. The van der Waals surface area contributed by atoms with Gasteiger partial charge in [-0.05, 0) is 52.1 Å². The Morgan fingerprint density at radius 1 is 1.44 bits per heavy atom. The van der Waals surface area contributed by atoms with Crippen LogP contribution in [0, 0.1) is 11.3 Å². The van der Waals surface area contributed by atoms with Gasteiger partial charge in [-0.3, -0.25) is 0 Å². The summed E-state index contributed by atoms with van der Waals surface area (Å²) in [7, 11) is 2.30. The van der Waals surface area contributed by atoms with E-state index in [1.807, 2.05) is 0 Å². The molecule has 1 aliphatic carbocycles. The first-order valence-corrected chi connectivity index (χ1v) is 7.65. The fraction of sp³-hybridized carbons (Fsp3) is 1.00. The van der Waals surface area contributed by atoms with Crippen LogP contribution in [0.15, 0.2) is 0 Å². The molecule has 0 bridgehead atoms. The molecule has 2 rings (SSSR count). The van der Waals surface area contributed by atoms with Gasteiger partial charge in [0, 0.05) is 31.2 Å². The molecular formula is C15H30N2O. The number of nitrogens with zero attached hydrogens (tertiary/aromatic N) is 1. The summed E-state index contributed by atoms with van der Waals surface area (Å²) < 4.78 is 5.77. The number of nitrogens with one attached hydrogen (secondary N) is 1. The van der Waals surface area contributed by atoms with Crippen molar-refractivity contribution < 1.29 is 4.74 Å². The van der Waals surface area contributed by atoms with Crippen LogP contribution in [0.5, 0.6) is 0 Å². The fourth-order valence-corrected chi connectivity index (χ4v) is 3.23. The standard InChI is InChI=1S/C15H30N2O/c1-4-16-10-15(8-5-9-18-12-15)11-17(3)13(2)14-6-7-14/h13-14,16H,4-12H2,1-3H3. The average molecular weight is 254 g/mol. The van der Waals surface area contributed by atoms with Crippen LogP contribution in [0.4, 0.5) is 0 Å². The minimum absolute atomic E-state index is 0.339. The Morgan fingerprint density at radius 2 is 2.22 bits per heavy atom. The van der Waals surface area contributed by atoms with Gasteiger partial charge >= 0.3 is 0 Å². The molecule has 2 unspecified atom stereocenters. The minimum Gasteiger partial charge on any atom is -0.381 e. The summed E-state index contributed by atoms with van der Waals surface area (Å²) in [5.41, 5.74) is 0.339. The van der Waals surface area contributed by atoms with E-state index in [1.54, 1.807) is 0 Å². The molecule has 2 aliphatic rings. The molecule has 18 heavy (non-hydrogen) atoms. The molecule has 0 amide bonds. The molecular weight excluding hydrogens is 224 g/mol. The normalized spacial score (nSPS) is 30.7. The molecule has 2 fully saturated rings. The summed E-state index contributed by atoms with van der Waals surface area (Å²) in [6.45, 7) is 9.81. The van der Waals surface area contributed by atoms with Crippen molar-refractivity contribution in [2.24, 2.45) is 11.3 Å². The second-order valence-electron chi connectivity index (χ2n) is 6.43. The monoisotopic (exact) mass is 254 g/mol. The van der Waals surface area contributed by atoms with E-state index >= 15 is 0 Å². The van der Waals surface area contributed by atoms with Crippen molar-refractivity contribution >= 4 is 0 Å². The third-order valence-corrected chi connectivity index (χ3v) is 4.74. The lowest BCUT2D eigenvalue weighted by Crippen LogP contribution is -2.50. The summed E-state index contributed by atoms with van der Waals surface area (Å²) in [6, 6.07) is 0.741. The summed E-state index contributed by atoms with van der Waals surface area (Å²) in [4.78, 5) is 2.57. The molecule has 0 aromatic rings. The van der Waals surface area contributed by atoms with E-state index in [1.165, 1.54) is 32.2 Å². The third kappa shape index (κ3) is 3.69. The number of hydrogen-bond donors (Lipinski definition) is 1. The van der Waals surface area contributed by atoms with Gasteiger partial charge in [0.05, 0.1) is 6.61 Å². The van der Waals surface area contributed by atoms with E-state index in [0.29, 0.717) is 5.41 Å². The maximum Gasteiger partial charge on any atom is 0.0546 e. The number of hydrogen-bond acceptors (Lipinski definition) is 3. The van der Waals surface area contributed by atoms with E-state index in [0.717, 1.165) is 38.3 Å². The van der Waals surface area contributed by atoms with Gasteiger partial charge in [0.25, 0.3) is 0 Å². The topological polar surface area (TPSA) is 24.5 Å². The van der Waals surface area contributed by atoms with E-state index in [4.69, 9.17) is 4.74 Å². The van der Waals surface area contributed by atoms with E-state index in [2.05, 4.69) is 31.1 Å².